The average molecular weight is 531 g/mol. The van der Waals surface area contributed by atoms with E-state index in [-0.39, 0.29) is 23.5 Å². The molecular formula is C33H39FN2O3. The molecule has 1 heterocycles. The SMILES string of the molecule is Cc1cccc(F)c1C(=O)N1CCCC(C(=O)Nc2cccc(C(C)(C)C)c2)[C@@H]1c1ccc(CCCO)cc1. The van der Waals surface area contributed by atoms with E-state index < -0.39 is 23.7 Å². The standard InChI is InChI=1S/C33H39FN2O3/c1-22-9-5-14-28(34)29(22)32(39)36-19-7-13-27(30(36)24-17-15-23(16-18-24)10-8-20-37)31(38)35-26-12-6-11-25(21-26)33(2,3)4/h5-6,9,11-12,14-18,21,27,30,37H,7-8,10,13,19-20H2,1-4H3,(H,35,38)/t27?,30-/m0/s1. The molecule has 5 nitrogen and oxygen atoms in total. The molecule has 2 atom stereocenters. The number of amides is 2. The number of rotatable bonds is 7. The van der Waals surface area contributed by atoms with Crippen LogP contribution >= 0.6 is 0 Å². The lowest BCUT2D eigenvalue weighted by molar-refractivity contribution is -0.123. The van der Waals surface area contributed by atoms with E-state index in [0.717, 1.165) is 28.8 Å². The van der Waals surface area contributed by atoms with E-state index in [1.54, 1.807) is 24.0 Å². The summed E-state index contributed by atoms with van der Waals surface area (Å²) in [5.74, 6) is -1.61. The number of aliphatic hydroxyl groups is 1. The minimum absolute atomic E-state index is 0.0565. The van der Waals surface area contributed by atoms with Crippen LogP contribution in [-0.4, -0.2) is 35.0 Å². The Hall–Kier alpha value is -3.51. The van der Waals surface area contributed by atoms with Gasteiger partial charge in [0.05, 0.1) is 17.5 Å². The van der Waals surface area contributed by atoms with Crippen LogP contribution in [0.4, 0.5) is 10.1 Å². The molecule has 0 spiro atoms. The van der Waals surface area contributed by atoms with E-state index in [1.807, 2.05) is 42.5 Å². The summed E-state index contributed by atoms with van der Waals surface area (Å²) in [4.78, 5) is 29.3. The number of anilines is 1. The molecule has 39 heavy (non-hydrogen) atoms. The van der Waals surface area contributed by atoms with Crippen LogP contribution < -0.4 is 5.32 Å². The van der Waals surface area contributed by atoms with Crippen molar-refractivity contribution in [3.8, 4) is 0 Å². The van der Waals surface area contributed by atoms with Crippen LogP contribution in [-0.2, 0) is 16.6 Å². The Morgan fingerprint density at radius 3 is 2.44 bits per heavy atom. The number of likely N-dealkylation sites (tertiary alicyclic amines) is 1. The monoisotopic (exact) mass is 530 g/mol. The van der Waals surface area contributed by atoms with Gasteiger partial charge < -0.3 is 15.3 Å². The molecule has 0 radical (unpaired) electrons. The number of nitrogens with zero attached hydrogens (tertiary/aromatic N) is 1. The first kappa shape index (κ1) is 28.5. The number of hydrogen-bond donors (Lipinski definition) is 2. The van der Waals surface area contributed by atoms with Crippen LogP contribution in [0.1, 0.15) is 78.7 Å². The third-order valence-corrected chi connectivity index (χ3v) is 7.61. The molecule has 206 valence electrons. The number of halogens is 1. The Morgan fingerprint density at radius 2 is 1.77 bits per heavy atom. The summed E-state index contributed by atoms with van der Waals surface area (Å²) in [6.45, 7) is 8.67. The number of aliphatic hydroxyl groups excluding tert-OH is 1. The molecule has 4 rings (SSSR count). The van der Waals surface area contributed by atoms with Crippen molar-refractivity contribution >= 4 is 17.5 Å². The zero-order valence-corrected chi connectivity index (χ0v) is 23.3. The molecule has 0 aliphatic carbocycles. The highest BCUT2D eigenvalue weighted by molar-refractivity contribution is 5.98. The first-order valence-corrected chi connectivity index (χ1v) is 13.8. The van der Waals surface area contributed by atoms with Gasteiger partial charge in [0.1, 0.15) is 5.82 Å². The second-order valence-electron chi connectivity index (χ2n) is 11.5. The highest BCUT2D eigenvalue weighted by Crippen LogP contribution is 2.39. The fourth-order valence-corrected chi connectivity index (χ4v) is 5.42. The van der Waals surface area contributed by atoms with Crippen LogP contribution in [0.2, 0.25) is 0 Å². The molecule has 1 unspecified atom stereocenters. The predicted molar refractivity (Wildman–Crippen MR) is 153 cm³/mol. The Bertz CT molecular complexity index is 1290. The van der Waals surface area contributed by atoms with E-state index >= 15 is 0 Å². The first-order valence-electron chi connectivity index (χ1n) is 13.8. The number of nitrogens with one attached hydrogen (secondary N) is 1. The number of benzene rings is 3. The topological polar surface area (TPSA) is 69.6 Å². The summed E-state index contributed by atoms with van der Waals surface area (Å²) in [6, 6.07) is 19.9. The Labute approximate surface area is 231 Å². The van der Waals surface area contributed by atoms with E-state index in [0.29, 0.717) is 31.4 Å². The Kier molecular flexibility index (Phi) is 8.86. The number of carbonyl (C=O) groups excluding carboxylic acids is 2. The van der Waals surface area contributed by atoms with Crippen LogP contribution in [0, 0.1) is 18.7 Å². The van der Waals surface area contributed by atoms with Crippen molar-refractivity contribution in [2.24, 2.45) is 5.92 Å². The quantitative estimate of drug-likeness (QED) is 0.362. The molecule has 6 heteroatoms. The maximum absolute atomic E-state index is 14.9. The number of carbonyl (C=O) groups is 2. The molecule has 3 aromatic carbocycles. The fraction of sp³-hybridized carbons (Fsp3) is 0.394. The highest BCUT2D eigenvalue weighted by atomic mass is 19.1. The van der Waals surface area contributed by atoms with Gasteiger partial charge in [-0.25, -0.2) is 4.39 Å². The molecule has 1 fully saturated rings. The van der Waals surface area contributed by atoms with Crippen molar-refractivity contribution in [2.45, 2.75) is 64.8 Å². The molecule has 0 aromatic heterocycles. The third kappa shape index (κ3) is 6.56. The van der Waals surface area contributed by atoms with E-state index in [2.05, 4.69) is 32.2 Å². The lowest BCUT2D eigenvalue weighted by Gasteiger charge is -2.41. The van der Waals surface area contributed by atoms with E-state index in [1.165, 1.54) is 6.07 Å². The van der Waals surface area contributed by atoms with Crippen molar-refractivity contribution in [3.63, 3.8) is 0 Å². The molecule has 2 amide bonds. The summed E-state index contributed by atoms with van der Waals surface area (Å²) >= 11 is 0. The second-order valence-corrected chi connectivity index (χ2v) is 11.5. The Balaban J connectivity index is 1.70. The van der Waals surface area contributed by atoms with Gasteiger partial charge in [-0.2, -0.15) is 0 Å². The first-order chi connectivity index (χ1) is 18.6. The summed E-state index contributed by atoms with van der Waals surface area (Å²) in [5.41, 5.74) is 4.32. The molecule has 1 aliphatic heterocycles. The molecule has 0 saturated carbocycles. The Morgan fingerprint density at radius 1 is 1.05 bits per heavy atom. The lowest BCUT2D eigenvalue weighted by atomic mass is 9.82. The summed E-state index contributed by atoms with van der Waals surface area (Å²) in [7, 11) is 0. The summed E-state index contributed by atoms with van der Waals surface area (Å²) < 4.78 is 14.9. The minimum atomic E-state index is -0.552. The maximum atomic E-state index is 14.9. The minimum Gasteiger partial charge on any atom is -0.396 e. The van der Waals surface area contributed by atoms with Gasteiger partial charge in [-0.1, -0.05) is 69.3 Å². The van der Waals surface area contributed by atoms with Crippen molar-refractivity contribution in [3.05, 3.63) is 100 Å². The summed E-state index contributed by atoms with van der Waals surface area (Å²) in [6.07, 6.45) is 2.66. The van der Waals surface area contributed by atoms with Crippen LogP contribution in [0.3, 0.4) is 0 Å². The fourth-order valence-electron chi connectivity index (χ4n) is 5.42. The summed E-state index contributed by atoms with van der Waals surface area (Å²) in [5, 5.41) is 12.3. The predicted octanol–water partition coefficient (Wildman–Crippen LogP) is 6.59. The van der Waals surface area contributed by atoms with Crippen molar-refractivity contribution in [1.29, 1.82) is 0 Å². The van der Waals surface area contributed by atoms with Gasteiger partial charge >= 0.3 is 0 Å². The number of hydrogen-bond acceptors (Lipinski definition) is 3. The molecule has 1 saturated heterocycles. The lowest BCUT2D eigenvalue weighted by Crippen LogP contribution is -2.46. The van der Waals surface area contributed by atoms with Crippen molar-refractivity contribution in [2.75, 3.05) is 18.5 Å². The van der Waals surface area contributed by atoms with Gasteiger partial charge in [0, 0.05) is 18.8 Å². The van der Waals surface area contributed by atoms with Crippen LogP contribution in [0.15, 0.2) is 66.7 Å². The number of piperidine rings is 1. The van der Waals surface area contributed by atoms with Crippen LogP contribution in [0.25, 0.3) is 0 Å². The maximum Gasteiger partial charge on any atom is 0.257 e. The van der Waals surface area contributed by atoms with Gasteiger partial charge in [0.25, 0.3) is 5.91 Å². The van der Waals surface area contributed by atoms with E-state index in [4.69, 9.17) is 0 Å². The van der Waals surface area contributed by atoms with Crippen molar-refractivity contribution < 1.29 is 19.1 Å². The van der Waals surface area contributed by atoms with Crippen molar-refractivity contribution in [1.82, 2.24) is 4.90 Å². The van der Waals surface area contributed by atoms with Gasteiger partial charge in [-0.3, -0.25) is 9.59 Å². The second kappa shape index (κ2) is 12.1. The zero-order valence-electron chi connectivity index (χ0n) is 23.3. The average Bonchev–Trinajstić information content (AvgIpc) is 2.91. The normalized spacial score (nSPS) is 17.6. The largest absolute Gasteiger partial charge is 0.396 e. The van der Waals surface area contributed by atoms with Gasteiger partial charge in [0.15, 0.2) is 0 Å². The number of aryl methyl sites for hydroxylation is 2. The van der Waals surface area contributed by atoms with Gasteiger partial charge in [-0.15, -0.1) is 0 Å². The molecule has 3 aromatic rings. The third-order valence-electron chi connectivity index (χ3n) is 7.61. The molecular weight excluding hydrogens is 491 g/mol. The molecule has 0 bridgehead atoms. The van der Waals surface area contributed by atoms with Gasteiger partial charge in [0.2, 0.25) is 5.91 Å². The smallest absolute Gasteiger partial charge is 0.257 e. The molecule has 2 N–H and O–H groups in total. The molecule has 1 aliphatic rings. The highest BCUT2D eigenvalue weighted by Gasteiger charge is 2.40. The van der Waals surface area contributed by atoms with Crippen LogP contribution in [0.5, 0.6) is 0 Å². The zero-order chi connectivity index (χ0) is 28.2. The van der Waals surface area contributed by atoms with E-state index in [9.17, 15) is 19.1 Å². The van der Waals surface area contributed by atoms with Gasteiger partial charge in [-0.05, 0) is 78.5 Å².